The van der Waals surface area contributed by atoms with E-state index in [1.165, 1.54) is 0 Å². The quantitative estimate of drug-likeness (QED) is 0.689. The van der Waals surface area contributed by atoms with Gasteiger partial charge in [-0.3, -0.25) is 10.1 Å². The van der Waals surface area contributed by atoms with E-state index in [1.807, 2.05) is 13.8 Å². The van der Waals surface area contributed by atoms with Crippen LogP contribution in [0, 0.1) is 5.92 Å². The Labute approximate surface area is 113 Å². The Morgan fingerprint density at radius 3 is 2.63 bits per heavy atom. The number of rotatable bonds is 8. The fourth-order valence-electron chi connectivity index (χ4n) is 2.29. The maximum Gasteiger partial charge on any atom is 0.261 e. The second-order valence-electron chi connectivity index (χ2n) is 5.19. The molecule has 1 heterocycles. The normalized spacial score (nSPS) is 23.9. The highest BCUT2D eigenvalue weighted by Gasteiger charge is 2.39. The van der Waals surface area contributed by atoms with Gasteiger partial charge in [0, 0.05) is 6.54 Å². The van der Waals surface area contributed by atoms with Gasteiger partial charge in [-0.25, -0.2) is 8.78 Å². The van der Waals surface area contributed by atoms with Crippen LogP contribution >= 0.6 is 0 Å². The van der Waals surface area contributed by atoms with Crippen molar-refractivity contribution in [1.82, 2.24) is 10.2 Å². The van der Waals surface area contributed by atoms with E-state index in [1.54, 1.807) is 4.90 Å². The SMILES string of the molecule is CCCC1NC(C(C)C)C(=O)N1CCOCC(F)F. The van der Waals surface area contributed by atoms with E-state index in [9.17, 15) is 13.6 Å². The van der Waals surface area contributed by atoms with E-state index in [4.69, 9.17) is 4.74 Å². The fraction of sp³-hybridized carbons (Fsp3) is 0.923. The minimum Gasteiger partial charge on any atom is -0.374 e. The fourth-order valence-corrected chi connectivity index (χ4v) is 2.29. The van der Waals surface area contributed by atoms with Gasteiger partial charge in [-0.15, -0.1) is 0 Å². The predicted molar refractivity (Wildman–Crippen MR) is 69.0 cm³/mol. The lowest BCUT2D eigenvalue weighted by Crippen LogP contribution is -2.39. The third kappa shape index (κ3) is 4.69. The molecule has 1 rings (SSSR count). The number of carbonyl (C=O) groups excluding carboxylic acids is 1. The highest BCUT2D eigenvalue weighted by Crippen LogP contribution is 2.19. The summed E-state index contributed by atoms with van der Waals surface area (Å²) in [6.45, 7) is 6.00. The first-order valence-electron chi connectivity index (χ1n) is 6.89. The summed E-state index contributed by atoms with van der Waals surface area (Å²) in [4.78, 5) is 13.9. The van der Waals surface area contributed by atoms with Crippen LogP contribution in [-0.4, -0.2) is 49.2 Å². The van der Waals surface area contributed by atoms with Crippen molar-refractivity contribution in [2.45, 2.75) is 52.2 Å². The van der Waals surface area contributed by atoms with Crippen LogP contribution in [-0.2, 0) is 9.53 Å². The van der Waals surface area contributed by atoms with Crippen molar-refractivity contribution in [3.63, 3.8) is 0 Å². The summed E-state index contributed by atoms with van der Waals surface area (Å²) in [7, 11) is 0. The first kappa shape index (κ1) is 16.3. The van der Waals surface area contributed by atoms with Crippen LogP contribution in [0.1, 0.15) is 33.6 Å². The smallest absolute Gasteiger partial charge is 0.261 e. The van der Waals surface area contributed by atoms with Crippen LogP contribution in [0.5, 0.6) is 0 Å². The van der Waals surface area contributed by atoms with E-state index < -0.39 is 13.0 Å². The average Bonchev–Trinajstić information content (AvgIpc) is 2.63. The molecular weight excluding hydrogens is 254 g/mol. The number of ether oxygens (including phenoxy) is 1. The third-order valence-corrected chi connectivity index (χ3v) is 3.25. The topological polar surface area (TPSA) is 41.6 Å². The van der Waals surface area contributed by atoms with Crippen molar-refractivity contribution in [1.29, 1.82) is 0 Å². The molecule has 6 heteroatoms. The molecule has 1 saturated heterocycles. The van der Waals surface area contributed by atoms with Crippen molar-refractivity contribution in [3.05, 3.63) is 0 Å². The molecule has 0 aromatic rings. The minimum absolute atomic E-state index is 0.0000463. The lowest BCUT2D eigenvalue weighted by Gasteiger charge is -2.23. The van der Waals surface area contributed by atoms with E-state index >= 15 is 0 Å². The molecule has 1 N–H and O–H groups in total. The van der Waals surface area contributed by atoms with Crippen molar-refractivity contribution in [2.75, 3.05) is 19.8 Å². The molecule has 1 aliphatic heterocycles. The monoisotopic (exact) mass is 278 g/mol. The van der Waals surface area contributed by atoms with Gasteiger partial charge >= 0.3 is 0 Å². The van der Waals surface area contributed by atoms with Crippen molar-refractivity contribution >= 4 is 5.91 Å². The number of hydrogen-bond acceptors (Lipinski definition) is 3. The molecule has 0 aromatic carbocycles. The molecule has 112 valence electrons. The highest BCUT2D eigenvalue weighted by atomic mass is 19.3. The summed E-state index contributed by atoms with van der Waals surface area (Å²) in [5, 5.41) is 3.31. The molecular formula is C13H24F2N2O2. The van der Waals surface area contributed by atoms with Crippen LogP contribution < -0.4 is 5.32 Å². The zero-order valence-corrected chi connectivity index (χ0v) is 11.9. The minimum atomic E-state index is -2.46. The number of alkyl halides is 2. The number of hydrogen-bond donors (Lipinski definition) is 1. The van der Waals surface area contributed by atoms with Gasteiger partial charge in [-0.1, -0.05) is 27.2 Å². The zero-order chi connectivity index (χ0) is 14.4. The van der Waals surface area contributed by atoms with Crippen LogP contribution in [0.4, 0.5) is 8.78 Å². The number of amides is 1. The summed E-state index contributed by atoms with van der Waals surface area (Å²) in [5.74, 6) is 0.271. The first-order chi connectivity index (χ1) is 8.97. The van der Waals surface area contributed by atoms with Gasteiger partial charge in [0.05, 0.1) is 18.8 Å². The molecule has 1 amide bonds. The van der Waals surface area contributed by atoms with Gasteiger partial charge in [0.15, 0.2) is 0 Å². The molecule has 0 spiro atoms. The van der Waals surface area contributed by atoms with Gasteiger partial charge in [0.1, 0.15) is 6.61 Å². The van der Waals surface area contributed by atoms with E-state index in [2.05, 4.69) is 12.2 Å². The summed E-state index contributed by atoms with van der Waals surface area (Å²) in [6.07, 6.45) is -0.629. The van der Waals surface area contributed by atoms with Gasteiger partial charge in [0.25, 0.3) is 6.43 Å². The molecule has 1 fully saturated rings. The standard InChI is InChI=1S/C13H24F2N2O2/c1-4-5-11-16-12(9(2)3)13(18)17(11)6-7-19-8-10(14)15/h9-12,16H,4-8H2,1-3H3. The number of carbonyl (C=O) groups is 1. The molecule has 19 heavy (non-hydrogen) atoms. The Balaban J connectivity index is 2.49. The van der Waals surface area contributed by atoms with Gasteiger partial charge in [-0.05, 0) is 12.3 Å². The molecule has 1 aliphatic rings. The Kier molecular flexibility index (Phi) is 6.65. The van der Waals surface area contributed by atoms with Crippen LogP contribution in [0.15, 0.2) is 0 Å². The van der Waals surface area contributed by atoms with Crippen molar-refractivity contribution < 1.29 is 18.3 Å². The Morgan fingerprint density at radius 1 is 1.42 bits per heavy atom. The second-order valence-corrected chi connectivity index (χ2v) is 5.19. The molecule has 0 bridgehead atoms. The van der Waals surface area contributed by atoms with Crippen molar-refractivity contribution in [2.24, 2.45) is 5.92 Å². The van der Waals surface area contributed by atoms with Gasteiger partial charge < -0.3 is 9.64 Å². The lowest BCUT2D eigenvalue weighted by molar-refractivity contribution is -0.131. The summed E-state index contributed by atoms with van der Waals surface area (Å²) >= 11 is 0. The Hall–Kier alpha value is -0.750. The van der Waals surface area contributed by atoms with Gasteiger partial charge in [-0.2, -0.15) is 0 Å². The number of halogens is 2. The number of nitrogens with zero attached hydrogens (tertiary/aromatic N) is 1. The largest absolute Gasteiger partial charge is 0.374 e. The highest BCUT2D eigenvalue weighted by molar-refractivity contribution is 5.84. The first-order valence-corrected chi connectivity index (χ1v) is 6.89. The van der Waals surface area contributed by atoms with E-state index in [0.717, 1.165) is 12.8 Å². The Morgan fingerprint density at radius 2 is 2.11 bits per heavy atom. The molecule has 2 unspecified atom stereocenters. The predicted octanol–water partition coefficient (Wildman–Crippen LogP) is 1.85. The van der Waals surface area contributed by atoms with Gasteiger partial charge in [0.2, 0.25) is 5.91 Å². The summed E-state index contributed by atoms with van der Waals surface area (Å²) in [5.41, 5.74) is 0. The molecule has 0 aromatic heterocycles. The summed E-state index contributed by atoms with van der Waals surface area (Å²) < 4.78 is 28.8. The molecule has 2 atom stereocenters. The lowest BCUT2D eigenvalue weighted by atomic mass is 10.1. The average molecular weight is 278 g/mol. The number of nitrogens with one attached hydrogen (secondary N) is 1. The maximum absolute atomic E-state index is 12.2. The molecule has 4 nitrogen and oxygen atoms in total. The van der Waals surface area contributed by atoms with E-state index in [-0.39, 0.29) is 30.6 Å². The van der Waals surface area contributed by atoms with Crippen LogP contribution in [0.2, 0.25) is 0 Å². The molecule has 0 saturated carbocycles. The van der Waals surface area contributed by atoms with Crippen LogP contribution in [0.3, 0.4) is 0 Å². The molecule has 0 aliphatic carbocycles. The Bertz CT molecular complexity index is 288. The zero-order valence-electron chi connectivity index (χ0n) is 11.9. The maximum atomic E-state index is 12.2. The van der Waals surface area contributed by atoms with Crippen LogP contribution in [0.25, 0.3) is 0 Å². The third-order valence-electron chi connectivity index (χ3n) is 3.25. The second kappa shape index (κ2) is 7.75. The van der Waals surface area contributed by atoms with E-state index in [0.29, 0.717) is 6.54 Å². The van der Waals surface area contributed by atoms with Crippen molar-refractivity contribution in [3.8, 4) is 0 Å². The summed E-state index contributed by atoms with van der Waals surface area (Å²) in [6, 6.07) is -0.174. The molecule has 0 radical (unpaired) electrons.